The summed E-state index contributed by atoms with van der Waals surface area (Å²) < 4.78 is 51.2. The van der Waals surface area contributed by atoms with Crippen molar-refractivity contribution in [2.45, 2.75) is 105 Å². The Hall–Kier alpha value is -4.42. The first kappa shape index (κ1) is 40.8. The normalized spacial score (nSPS) is 12.5. The van der Waals surface area contributed by atoms with Crippen LogP contribution in [0.5, 0.6) is 34.5 Å². The Labute approximate surface area is 322 Å². The number of ether oxygens (including phenoxy) is 5. The van der Waals surface area contributed by atoms with Gasteiger partial charge in [0.2, 0.25) is 0 Å². The predicted octanol–water partition coefficient (Wildman–Crippen LogP) is 13.0. The highest BCUT2D eigenvalue weighted by atomic mass is 31.1. The first-order valence-corrected chi connectivity index (χ1v) is 19.4. The van der Waals surface area contributed by atoms with Crippen molar-refractivity contribution in [3.63, 3.8) is 0 Å². The lowest BCUT2D eigenvalue weighted by Gasteiger charge is -2.28. The molecule has 0 unspecified atom stereocenters. The second kappa shape index (κ2) is 14.7. The van der Waals surface area contributed by atoms with Crippen molar-refractivity contribution in [1.82, 2.24) is 0 Å². The van der Waals surface area contributed by atoms with Gasteiger partial charge in [0.25, 0.3) is 0 Å². The fourth-order valence-corrected chi connectivity index (χ4v) is 7.85. The summed E-state index contributed by atoms with van der Waals surface area (Å²) in [5.41, 5.74) is 5.42. The molecule has 54 heavy (non-hydrogen) atoms. The average molecular weight is 759 g/mol. The van der Waals surface area contributed by atoms with E-state index in [4.69, 9.17) is 36.6 Å². The van der Waals surface area contributed by atoms with Crippen LogP contribution in [-0.2, 0) is 21.7 Å². The van der Waals surface area contributed by atoms with Crippen LogP contribution in [0, 0.1) is 0 Å². The van der Waals surface area contributed by atoms with Crippen molar-refractivity contribution < 1.29 is 36.6 Å². The van der Waals surface area contributed by atoms with E-state index in [-0.39, 0.29) is 21.7 Å². The van der Waals surface area contributed by atoms with Crippen LogP contribution in [0.3, 0.4) is 0 Å². The summed E-state index contributed by atoms with van der Waals surface area (Å²) in [4.78, 5) is 0. The molecule has 292 valence electrons. The van der Waals surface area contributed by atoms with Gasteiger partial charge in [-0.1, -0.05) is 83.1 Å². The van der Waals surface area contributed by atoms with Gasteiger partial charge in [-0.2, -0.15) is 0 Å². The minimum atomic E-state index is -2.14. The van der Waals surface area contributed by atoms with Crippen molar-refractivity contribution in [1.29, 1.82) is 0 Å². The summed E-state index contributed by atoms with van der Waals surface area (Å²) >= 11 is 0. The zero-order valence-electron chi connectivity index (χ0n) is 35.3. The summed E-state index contributed by atoms with van der Waals surface area (Å²) in [6, 6.07) is 16.1. The number of hydrogen-bond acceptors (Lipinski definition) is 8. The fraction of sp³-hybridized carbons (Fsp3) is 0.467. The highest BCUT2D eigenvalue weighted by molar-refractivity contribution is 7.32. The molecule has 0 saturated carbocycles. The lowest BCUT2D eigenvalue weighted by atomic mass is 9.81. The SMILES string of the molecule is COc1cc(-c2cc(OC)cc(C(C)(C)C)c2Op2oc3c(C(C)(C)C)cc(OC)cc3c3cc(OC)cc(C(C)(C)C)c3o2)c(OC)c(C(C)(C)C)c1. The fourth-order valence-electron chi connectivity index (χ4n) is 6.70. The first-order chi connectivity index (χ1) is 25.0. The summed E-state index contributed by atoms with van der Waals surface area (Å²) in [5.74, 6) is 4.13. The van der Waals surface area contributed by atoms with Crippen molar-refractivity contribution in [2.75, 3.05) is 35.5 Å². The minimum Gasteiger partial charge on any atom is -0.497 e. The molecule has 1 heterocycles. The molecule has 4 aromatic carbocycles. The maximum atomic E-state index is 7.24. The van der Waals surface area contributed by atoms with Gasteiger partial charge in [0.15, 0.2) is 0 Å². The van der Waals surface area contributed by atoms with Gasteiger partial charge in [0.05, 0.1) is 35.5 Å². The van der Waals surface area contributed by atoms with E-state index in [0.29, 0.717) is 39.9 Å². The highest BCUT2D eigenvalue weighted by Crippen LogP contribution is 2.53. The zero-order chi connectivity index (χ0) is 40.1. The number of hydrogen-bond donors (Lipinski definition) is 0. The van der Waals surface area contributed by atoms with Crippen LogP contribution < -0.4 is 28.2 Å². The number of benzene rings is 4. The van der Waals surface area contributed by atoms with Gasteiger partial charge >= 0.3 is 8.24 Å². The average Bonchev–Trinajstić information content (AvgIpc) is 3.24. The first-order valence-electron chi connectivity index (χ1n) is 18.3. The molecular weight excluding hydrogens is 699 g/mol. The quantitative estimate of drug-likeness (QED) is 0.155. The van der Waals surface area contributed by atoms with Gasteiger partial charge in [-0.3, -0.25) is 0 Å². The van der Waals surface area contributed by atoms with Crippen molar-refractivity contribution in [3.8, 4) is 45.6 Å². The third-order valence-electron chi connectivity index (χ3n) is 9.71. The second-order valence-electron chi connectivity index (χ2n) is 17.9. The highest BCUT2D eigenvalue weighted by Gasteiger charge is 2.32. The molecule has 8 nitrogen and oxygen atoms in total. The van der Waals surface area contributed by atoms with E-state index in [2.05, 4.69) is 83.1 Å². The summed E-state index contributed by atoms with van der Waals surface area (Å²) in [6.07, 6.45) is 0. The number of rotatable bonds is 8. The predicted molar refractivity (Wildman–Crippen MR) is 222 cm³/mol. The lowest BCUT2D eigenvalue weighted by Crippen LogP contribution is -2.15. The van der Waals surface area contributed by atoms with Crippen LogP contribution >= 0.6 is 8.24 Å². The van der Waals surface area contributed by atoms with Crippen LogP contribution in [0.1, 0.15) is 105 Å². The zero-order valence-corrected chi connectivity index (χ0v) is 36.2. The Kier molecular flexibility index (Phi) is 11.1. The van der Waals surface area contributed by atoms with E-state index >= 15 is 0 Å². The van der Waals surface area contributed by atoms with Gasteiger partial charge in [-0.25, -0.2) is 0 Å². The molecule has 0 spiro atoms. The maximum absolute atomic E-state index is 7.24. The maximum Gasteiger partial charge on any atom is 0.453 e. The Balaban J connectivity index is 2.03. The molecule has 5 rings (SSSR count). The van der Waals surface area contributed by atoms with E-state index in [9.17, 15) is 0 Å². The molecule has 0 amide bonds. The molecule has 0 aliphatic rings. The molecule has 0 aliphatic carbocycles. The van der Waals surface area contributed by atoms with E-state index in [1.54, 1.807) is 35.5 Å². The third kappa shape index (κ3) is 8.00. The van der Waals surface area contributed by atoms with Gasteiger partial charge in [0, 0.05) is 44.2 Å². The van der Waals surface area contributed by atoms with E-state index in [0.717, 1.165) is 49.9 Å². The Morgan fingerprint density at radius 1 is 0.389 bits per heavy atom. The topological polar surface area (TPSA) is 81.7 Å². The van der Waals surface area contributed by atoms with Gasteiger partial charge in [-0.05, 0) is 70.2 Å². The Morgan fingerprint density at radius 3 is 1.04 bits per heavy atom. The van der Waals surface area contributed by atoms with Gasteiger partial charge in [0.1, 0.15) is 45.7 Å². The molecule has 0 bridgehead atoms. The smallest absolute Gasteiger partial charge is 0.453 e. The summed E-state index contributed by atoms with van der Waals surface area (Å²) in [6.45, 7) is 25.9. The summed E-state index contributed by atoms with van der Waals surface area (Å²) in [7, 11) is 6.28. The van der Waals surface area contributed by atoms with E-state index < -0.39 is 8.24 Å². The minimum absolute atomic E-state index is 0.263. The van der Waals surface area contributed by atoms with E-state index in [1.807, 2.05) is 48.5 Å². The van der Waals surface area contributed by atoms with Crippen LogP contribution in [-0.4, -0.2) is 35.5 Å². The molecule has 0 N–H and O–H groups in total. The standard InChI is InChI=1S/C45H59O8P/c1-42(2,3)34-22-26(46-13)18-30(38(34)50-17)31-19-27(47-14)23-35(43(4,5)6)39(31)51-54-52-40-32(20-28(48-15)24-36(40)44(7,8)9)33-21-29(49-16)25-37(41(33)53-54)45(10,11)12/h18-25H,1-17H3. The molecule has 0 radical (unpaired) electrons. The lowest BCUT2D eigenvalue weighted by molar-refractivity contribution is 0.389. The molecule has 0 saturated heterocycles. The molecule has 0 atom stereocenters. The van der Waals surface area contributed by atoms with Gasteiger partial charge < -0.3 is 36.6 Å². The van der Waals surface area contributed by atoms with Crippen LogP contribution in [0.25, 0.3) is 33.1 Å². The largest absolute Gasteiger partial charge is 0.497 e. The van der Waals surface area contributed by atoms with Crippen molar-refractivity contribution >= 4 is 30.2 Å². The molecular formula is C45H59O8P. The Bertz CT molecular complexity index is 2140. The van der Waals surface area contributed by atoms with Crippen LogP contribution in [0.4, 0.5) is 0 Å². The molecule has 1 aromatic heterocycles. The van der Waals surface area contributed by atoms with Crippen LogP contribution in [0.15, 0.2) is 56.9 Å². The van der Waals surface area contributed by atoms with E-state index in [1.165, 1.54) is 0 Å². The van der Waals surface area contributed by atoms with Gasteiger partial charge in [-0.15, -0.1) is 0 Å². The second-order valence-corrected chi connectivity index (χ2v) is 18.9. The van der Waals surface area contributed by atoms with Crippen molar-refractivity contribution in [3.05, 3.63) is 70.8 Å². The monoisotopic (exact) mass is 758 g/mol. The summed E-state index contributed by atoms with van der Waals surface area (Å²) in [5, 5.41) is 1.67. The molecule has 0 aliphatic heterocycles. The molecule has 9 heteroatoms. The van der Waals surface area contributed by atoms with Crippen LogP contribution in [0.2, 0.25) is 0 Å². The number of fused-ring (bicyclic) bond motifs is 3. The Morgan fingerprint density at radius 2 is 0.704 bits per heavy atom. The van der Waals surface area contributed by atoms with Crippen molar-refractivity contribution in [2.24, 2.45) is 0 Å². The third-order valence-corrected chi connectivity index (χ3v) is 10.7. The number of methoxy groups -OCH3 is 5. The molecule has 0 fully saturated rings. The molecule has 5 aromatic rings.